The molecule has 0 radical (unpaired) electrons. The largest absolute Gasteiger partial charge is 0.283 e. The van der Waals surface area contributed by atoms with Crippen LogP contribution in [0.4, 0.5) is 10.1 Å². The van der Waals surface area contributed by atoms with E-state index < -0.39 is 10.0 Å². The minimum atomic E-state index is -3.31. The van der Waals surface area contributed by atoms with E-state index in [9.17, 15) is 12.8 Å². The summed E-state index contributed by atoms with van der Waals surface area (Å²) >= 11 is 0. The molecule has 0 aliphatic rings. The Morgan fingerprint density at radius 3 is 2.00 bits per heavy atom. The van der Waals surface area contributed by atoms with Gasteiger partial charge in [-0.25, -0.2) is 12.8 Å². The molecule has 1 N–H and O–H groups in total. The van der Waals surface area contributed by atoms with E-state index in [1.165, 1.54) is 12.1 Å². The Labute approximate surface area is 83.0 Å². The molecule has 0 aliphatic heterocycles. The molecule has 0 aromatic heterocycles. The van der Waals surface area contributed by atoms with E-state index in [0.29, 0.717) is 16.8 Å². The van der Waals surface area contributed by atoms with Gasteiger partial charge in [0, 0.05) is 0 Å². The number of hydrogen-bond acceptors (Lipinski definition) is 2. The zero-order valence-corrected chi connectivity index (χ0v) is 9.07. The van der Waals surface area contributed by atoms with Gasteiger partial charge in [0.1, 0.15) is 5.82 Å². The fourth-order valence-electron chi connectivity index (χ4n) is 1.26. The minimum Gasteiger partial charge on any atom is -0.283 e. The van der Waals surface area contributed by atoms with Gasteiger partial charge in [-0.15, -0.1) is 0 Å². The molecule has 0 unspecified atom stereocenters. The minimum absolute atomic E-state index is 0.362. The summed E-state index contributed by atoms with van der Waals surface area (Å²) in [6.07, 6.45) is 1.06. The van der Waals surface area contributed by atoms with Crippen LogP contribution in [-0.4, -0.2) is 14.7 Å². The maximum absolute atomic E-state index is 12.9. The maximum atomic E-state index is 12.9. The number of halogens is 1. The van der Waals surface area contributed by atoms with Crippen LogP contribution in [0.2, 0.25) is 0 Å². The molecule has 0 aliphatic carbocycles. The first-order valence-corrected chi connectivity index (χ1v) is 5.93. The quantitative estimate of drug-likeness (QED) is 0.821. The third-order valence-electron chi connectivity index (χ3n) is 1.78. The molecule has 0 fully saturated rings. The average Bonchev–Trinajstić information content (AvgIpc) is 1.95. The molecular formula is C9H12FNO2S. The summed E-state index contributed by atoms with van der Waals surface area (Å²) in [6.45, 7) is 3.31. The van der Waals surface area contributed by atoms with Crippen molar-refractivity contribution in [2.75, 3.05) is 11.0 Å². The first-order valence-electron chi connectivity index (χ1n) is 4.04. The Balaban J connectivity index is 3.22. The van der Waals surface area contributed by atoms with E-state index >= 15 is 0 Å². The van der Waals surface area contributed by atoms with Crippen LogP contribution in [0.3, 0.4) is 0 Å². The predicted octanol–water partition coefficient (Wildman–Crippen LogP) is 1.81. The number of hydrogen-bond donors (Lipinski definition) is 1. The molecule has 0 amide bonds. The molecule has 1 aromatic carbocycles. The van der Waals surface area contributed by atoms with E-state index in [1.54, 1.807) is 13.8 Å². The highest BCUT2D eigenvalue weighted by Crippen LogP contribution is 2.22. The second-order valence-electron chi connectivity index (χ2n) is 3.29. The van der Waals surface area contributed by atoms with Crippen molar-refractivity contribution in [3.05, 3.63) is 29.1 Å². The van der Waals surface area contributed by atoms with Crippen molar-refractivity contribution < 1.29 is 12.8 Å². The van der Waals surface area contributed by atoms with E-state index in [0.717, 1.165) is 6.26 Å². The van der Waals surface area contributed by atoms with Gasteiger partial charge in [-0.1, -0.05) is 0 Å². The van der Waals surface area contributed by atoms with Gasteiger partial charge in [0.15, 0.2) is 0 Å². The summed E-state index contributed by atoms with van der Waals surface area (Å²) in [5.74, 6) is -0.362. The topological polar surface area (TPSA) is 46.2 Å². The lowest BCUT2D eigenvalue weighted by Crippen LogP contribution is -2.12. The lowest BCUT2D eigenvalue weighted by Gasteiger charge is -2.10. The van der Waals surface area contributed by atoms with Gasteiger partial charge in [-0.05, 0) is 37.1 Å². The van der Waals surface area contributed by atoms with Crippen molar-refractivity contribution in [1.29, 1.82) is 0 Å². The van der Waals surface area contributed by atoms with E-state index in [4.69, 9.17) is 0 Å². The van der Waals surface area contributed by atoms with Gasteiger partial charge in [0.05, 0.1) is 11.9 Å². The van der Waals surface area contributed by atoms with E-state index in [2.05, 4.69) is 4.72 Å². The van der Waals surface area contributed by atoms with E-state index in [1.807, 2.05) is 0 Å². The van der Waals surface area contributed by atoms with Crippen molar-refractivity contribution in [3.63, 3.8) is 0 Å². The van der Waals surface area contributed by atoms with Crippen LogP contribution < -0.4 is 4.72 Å². The summed E-state index contributed by atoms with van der Waals surface area (Å²) in [5.41, 5.74) is 1.61. The first kappa shape index (κ1) is 11.0. The predicted molar refractivity (Wildman–Crippen MR) is 54.3 cm³/mol. The number of sulfonamides is 1. The first-order chi connectivity index (χ1) is 6.29. The molecule has 5 heteroatoms. The normalized spacial score (nSPS) is 11.4. The van der Waals surface area contributed by atoms with Crippen molar-refractivity contribution in [2.24, 2.45) is 0 Å². The molecule has 0 bridgehead atoms. The van der Waals surface area contributed by atoms with Crippen LogP contribution >= 0.6 is 0 Å². The van der Waals surface area contributed by atoms with Crippen molar-refractivity contribution in [1.82, 2.24) is 0 Å². The monoisotopic (exact) mass is 217 g/mol. The van der Waals surface area contributed by atoms with Crippen molar-refractivity contribution in [3.8, 4) is 0 Å². The van der Waals surface area contributed by atoms with Gasteiger partial charge in [-0.3, -0.25) is 4.72 Å². The molecule has 0 spiro atoms. The fourth-order valence-corrected chi connectivity index (χ4v) is 1.95. The molecular weight excluding hydrogens is 205 g/mol. The van der Waals surface area contributed by atoms with E-state index in [-0.39, 0.29) is 5.82 Å². The highest BCUT2D eigenvalue weighted by atomic mass is 32.2. The molecule has 3 nitrogen and oxygen atoms in total. The molecule has 78 valence electrons. The molecule has 0 heterocycles. The van der Waals surface area contributed by atoms with Crippen LogP contribution in [0.5, 0.6) is 0 Å². The SMILES string of the molecule is Cc1cc(F)cc(C)c1NS(C)(=O)=O. The third-order valence-corrected chi connectivity index (χ3v) is 2.36. The number of aryl methyl sites for hydroxylation is 2. The average molecular weight is 217 g/mol. The number of nitrogens with one attached hydrogen (secondary N) is 1. The molecule has 0 atom stereocenters. The Morgan fingerprint density at radius 2 is 1.64 bits per heavy atom. The molecule has 1 aromatic rings. The van der Waals surface area contributed by atoms with Crippen LogP contribution in [0.25, 0.3) is 0 Å². The van der Waals surface area contributed by atoms with Gasteiger partial charge >= 0.3 is 0 Å². The number of rotatable bonds is 2. The Bertz CT molecular complexity index is 431. The third kappa shape index (κ3) is 2.70. The van der Waals surface area contributed by atoms with Gasteiger partial charge in [0.2, 0.25) is 10.0 Å². The number of benzene rings is 1. The fraction of sp³-hybridized carbons (Fsp3) is 0.333. The molecule has 14 heavy (non-hydrogen) atoms. The van der Waals surface area contributed by atoms with Crippen molar-refractivity contribution in [2.45, 2.75) is 13.8 Å². The zero-order valence-electron chi connectivity index (χ0n) is 8.26. The second kappa shape index (κ2) is 3.57. The van der Waals surface area contributed by atoms with Gasteiger partial charge in [0.25, 0.3) is 0 Å². The lowest BCUT2D eigenvalue weighted by molar-refractivity contribution is 0.606. The Kier molecular flexibility index (Phi) is 2.80. The van der Waals surface area contributed by atoms with Crippen LogP contribution in [0.15, 0.2) is 12.1 Å². The molecule has 0 saturated heterocycles. The summed E-state index contributed by atoms with van der Waals surface area (Å²) in [4.78, 5) is 0. The highest BCUT2D eigenvalue weighted by molar-refractivity contribution is 7.92. The molecule has 0 saturated carbocycles. The second-order valence-corrected chi connectivity index (χ2v) is 5.04. The van der Waals surface area contributed by atoms with Crippen LogP contribution in [0, 0.1) is 19.7 Å². The van der Waals surface area contributed by atoms with Crippen LogP contribution in [0.1, 0.15) is 11.1 Å². The molecule has 1 rings (SSSR count). The Morgan fingerprint density at radius 1 is 1.21 bits per heavy atom. The zero-order chi connectivity index (χ0) is 10.9. The highest BCUT2D eigenvalue weighted by Gasteiger charge is 2.09. The van der Waals surface area contributed by atoms with Crippen LogP contribution in [-0.2, 0) is 10.0 Å². The standard InChI is InChI=1S/C9H12FNO2S/c1-6-4-8(10)5-7(2)9(6)11-14(3,12)13/h4-5,11H,1-3H3. The summed E-state index contributed by atoms with van der Waals surface area (Å²) < 4.78 is 37.2. The smallest absolute Gasteiger partial charge is 0.229 e. The summed E-state index contributed by atoms with van der Waals surface area (Å²) in [5, 5.41) is 0. The van der Waals surface area contributed by atoms with Gasteiger partial charge < -0.3 is 0 Å². The maximum Gasteiger partial charge on any atom is 0.229 e. The number of anilines is 1. The lowest BCUT2D eigenvalue weighted by atomic mass is 10.1. The van der Waals surface area contributed by atoms with Crippen molar-refractivity contribution >= 4 is 15.7 Å². The summed E-state index contributed by atoms with van der Waals surface area (Å²) in [6, 6.07) is 2.58. The summed E-state index contributed by atoms with van der Waals surface area (Å²) in [7, 11) is -3.31. The Hall–Kier alpha value is -1.10. The van der Waals surface area contributed by atoms with Gasteiger partial charge in [-0.2, -0.15) is 0 Å².